The highest BCUT2D eigenvalue weighted by Crippen LogP contribution is 2.01. The second kappa shape index (κ2) is 8.46. The van der Waals surface area contributed by atoms with Crippen LogP contribution in [0.5, 0.6) is 0 Å². The van der Waals surface area contributed by atoms with Crippen LogP contribution in [-0.2, 0) is 4.79 Å². The van der Waals surface area contributed by atoms with E-state index in [0.717, 1.165) is 0 Å². The van der Waals surface area contributed by atoms with E-state index in [9.17, 15) is 9.59 Å². The van der Waals surface area contributed by atoms with E-state index < -0.39 is 18.0 Å². The van der Waals surface area contributed by atoms with E-state index in [1.54, 1.807) is 0 Å². The number of carbonyl (C=O) groups excluding carboxylic acids is 1. The fraction of sp³-hybridized carbons (Fsp3) is 0.556. The van der Waals surface area contributed by atoms with Crippen molar-refractivity contribution >= 4 is 39.7 Å². The van der Waals surface area contributed by atoms with Crippen molar-refractivity contribution in [3.63, 3.8) is 0 Å². The molecule has 0 aromatic rings. The van der Waals surface area contributed by atoms with E-state index in [-0.39, 0.29) is 6.54 Å². The first-order valence-corrected chi connectivity index (χ1v) is 6.75. The number of aliphatic carboxylic acids is 1. The van der Waals surface area contributed by atoms with Gasteiger partial charge in [0, 0.05) is 4.48 Å². The van der Waals surface area contributed by atoms with E-state index in [1.807, 2.05) is 6.26 Å². The summed E-state index contributed by atoms with van der Waals surface area (Å²) in [5.41, 5.74) is 0. The van der Waals surface area contributed by atoms with Gasteiger partial charge in [-0.25, -0.2) is 9.59 Å². The number of carboxylic acids is 1. The van der Waals surface area contributed by atoms with Gasteiger partial charge in [-0.2, -0.15) is 11.8 Å². The number of carboxylic acid groups (broad SMARTS) is 1. The van der Waals surface area contributed by atoms with Crippen LogP contribution in [-0.4, -0.2) is 41.7 Å². The Kier molecular flexibility index (Phi) is 8.10. The minimum atomic E-state index is -1.03. The number of urea groups is 1. The van der Waals surface area contributed by atoms with Crippen molar-refractivity contribution in [2.45, 2.75) is 12.5 Å². The molecule has 92 valence electrons. The predicted molar refractivity (Wildman–Crippen MR) is 69.0 cm³/mol. The van der Waals surface area contributed by atoms with Crippen LogP contribution in [0.4, 0.5) is 4.79 Å². The molecule has 0 spiro atoms. The average molecular weight is 311 g/mol. The van der Waals surface area contributed by atoms with Crippen LogP contribution in [0, 0.1) is 0 Å². The second-order valence-corrected chi connectivity index (χ2v) is 5.12. The van der Waals surface area contributed by atoms with E-state index in [2.05, 4.69) is 33.1 Å². The fourth-order valence-electron chi connectivity index (χ4n) is 0.879. The van der Waals surface area contributed by atoms with E-state index in [0.29, 0.717) is 16.7 Å². The maximum atomic E-state index is 11.3. The van der Waals surface area contributed by atoms with Crippen molar-refractivity contribution in [1.29, 1.82) is 0 Å². The third-order valence-electron chi connectivity index (χ3n) is 1.65. The van der Waals surface area contributed by atoms with Gasteiger partial charge < -0.3 is 15.7 Å². The molecule has 0 rings (SSSR count). The zero-order valence-corrected chi connectivity index (χ0v) is 11.4. The number of rotatable bonds is 7. The SMILES string of the molecule is C=C(Br)CNC(=O)N[C@@H](CCSC)C(=O)O. The Labute approximate surface area is 107 Å². The molecule has 0 saturated heterocycles. The number of hydrogen-bond acceptors (Lipinski definition) is 3. The van der Waals surface area contributed by atoms with Crippen LogP contribution in [0.25, 0.3) is 0 Å². The third kappa shape index (κ3) is 7.58. The van der Waals surface area contributed by atoms with Crippen molar-refractivity contribution in [2.75, 3.05) is 18.6 Å². The van der Waals surface area contributed by atoms with Gasteiger partial charge in [0.1, 0.15) is 6.04 Å². The summed E-state index contributed by atoms with van der Waals surface area (Å²) < 4.78 is 0.624. The number of amides is 2. The van der Waals surface area contributed by atoms with Gasteiger partial charge in [-0.05, 0) is 18.4 Å². The first-order chi connectivity index (χ1) is 7.47. The van der Waals surface area contributed by atoms with Gasteiger partial charge in [0.2, 0.25) is 0 Å². The van der Waals surface area contributed by atoms with Crippen molar-refractivity contribution < 1.29 is 14.7 Å². The summed E-state index contributed by atoms with van der Waals surface area (Å²) in [4.78, 5) is 22.1. The quantitative estimate of drug-likeness (QED) is 0.664. The smallest absolute Gasteiger partial charge is 0.326 e. The summed E-state index contributed by atoms with van der Waals surface area (Å²) >= 11 is 4.62. The van der Waals surface area contributed by atoms with E-state index in [4.69, 9.17) is 5.11 Å². The molecule has 0 unspecified atom stereocenters. The molecule has 7 heteroatoms. The maximum absolute atomic E-state index is 11.3. The molecular formula is C9H15BrN2O3S. The first kappa shape index (κ1) is 15.3. The van der Waals surface area contributed by atoms with Gasteiger partial charge in [0.05, 0.1) is 6.54 Å². The summed E-state index contributed by atoms with van der Waals surface area (Å²) in [6, 6.07) is -1.36. The summed E-state index contributed by atoms with van der Waals surface area (Å²) in [7, 11) is 0. The van der Waals surface area contributed by atoms with Crippen LogP contribution in [0.2, 0.25) is 0 Å². The molecule has 0 bridgehead atoms. The summed E-state index contributed by atoms with van der Waals surface area (Å²) in [5, 5.41) is 13.7. The van der Waals surface area contributed by atoms with Crippen LogP contribution in [0.15, 0.2) is 11.1 Å². The molecule has 0 fully saturated rings. The lowest BCUT2D eigenvalue weighted by molar-refractivity contribution is -0.139. The van der Waals surface area contributed by atoms with Gasteiger partial charge in [-0.15, -0.1) is 0 Å². The molecule has 2 amide bonds. The monoisotopic (exact) mass is 310 g/mol. The normalized spacial score (nSPS) is 11.6. The fourth-order valence-corrected chi connectivity index (χ4v) is 1.49. The second-order valence-electron chi connectivity index (χ2n) is 3.02. The molecule has 0 heterocycles. The molecule has 0 aliphatic rings. The van der Waals surface area contributed by atoms with Crippen LogP contribution < -0.4 is 10.6 Å². The molecule has 0 aliphatic heterocycles. The predicted octanol–water partition coefficient (Wildman–Crippen LogP) is 1.40. The molecule has 5 nitrogen and oxygen atoms in total. The molecule has 3 N–H and O–H groups in total. The highest BCUT2D eigenvalue weighted by molar-refractivity contribution is 9.11. The Morgan fingerprint density at radius 2 is 2.19 bits per heavy atom. The highest BCUT2D eigenvalue weighted by atomic mass is 79.9. The minimum Gasteiger partial charge on any atom is -0.480 e. The maximum Gasteiger partial charge on any atom is 0.326 e. The van der Waals surface area contributed by atoms with Gasteiger partial charge in [0.25, 0.3) is 0 Å². The number of thioether (sulfide) groups is 1. The molecule has 16 heavy (non-hydrogen) atoms. The Morgan fingerprint density at radius 1 is 1.56 bits per heavy atom. The van der Waals surface area contributed by atoms with Crippen LogP contribution >= 0.6 is 27.7 Å². The van der Waals surface area contributed by atoms with E-state index in [1.165, 1.54) is 11.8 Å². The number of hydrogen-bond donors (Lipinski definition) is 3. The van der Waals surface area contributed by atoms with Crippen molar-refractivity contribution in [3.05, 3.63) is 11.1 Å². The Hall–Kier alpha value is -0.690. The summed E-state index contributed by atoms with van der Waals surface area (Å²) in [6.45, 7) is 3.81. The van der Waals surface area contributed by atoms with Crippen molar-refractivity contribution in [3.8, 4) is 0 Å². The standard InChI is InChI=1S/C9H15BrN2O3S/c1-6(10)5-11-9(15)12-7(8(13)14)3-4-16-2/h7H,1,3-5H2,2H3,(H,13,14)(H2,11,12,15)/t7-/m0/s1. The molecule has 0 radical (unpaired) electrons. The number of halogens is 1. The van der Waals surface area contributed by atoms with Crippen LogP contribution in [0.3, 0.4) is 0 Å². The first-order valence-electron chi connectivity index (χ1n) is 4.56. The Morgan fingerprint density at radius 3 is 2.62 bits per heavy atom. The lowest BCUT2D eigenvalue weighted by Gasteiger charge is -2.14. The summed E-state index contributed by atoms with van der Waals surface area (Å²) in [5.74, 6) is -0.343. The lowest BCUT2D eigenvalue weighted by atomic mass is 10.2. The Bertz CT molecular complexity index is 273. The van der Waals surface area contributed by atoms with Gasteiger partial charge in [0.15, 0.2) is 0 Å². The van der Waals surface area contributed by atoms with E-state index >= 15 is 0 Å². The van der Waals surface area contributed by atoms with Crippen molar-refractivity contribution in [1.82, 2.24) is 10.6 Å². The number of nitrogens with one attached hydrogen (secondary N) is 2. The van der Waals surface area contributed by atoms with Gasteiger partial charge in [-0.3, -0.25) is 0 Å². The molecule has 1 atom stereocenters. The average Bonchev–Trinajstić information content (AvgIpc) is 2.20. The zero-order valence-electron chi connectivity index (χ0n) is 8.96. The largest absolute Gasteiger partial charge is 0.480 e. The van der Waals surface area contributed by atoms with Crippen molar-refractivity contribution in [2.24, 2.45) is 0 Å². The molecule has 0 aromatic heterocycles. The Balaban J connectivity index is 4.02. The van der Waals surface area contributed by atoms with Gasteiger partial charge in [-0.1, -0.05) is 22.5 Å². The topological polar surface area (TPSA) is 78.4 Å². The van der Waals surface area contributed by atoms with Gasteiger partial charge >= 0.3 is 12.0 Å². The molecule has 0 saturated carbocycles. The zero-order chi connectivity index (χ0) is 12.6. The lowest BCUT2D eigenvalue weighted by Crippen LogP contribution is -2.46. The number of carbonyl (C=O) groups is 2. The van der Waals surface area contributed by atoms with Crippen LogP contribution in [0.1, 0.15) is 6.42 Å². The summed E-state index contributed by atoms with van der Waals surface area (Å²) in [6.07, 6.45) is 2.28. The minimum absolute atomic E-state index is 0.265. The highest BCUT2D eigenvalue weighted by Gasteiger charge is 2.18. The molecule has 0 aliphatic carbocycles. The third-order valence-corrected chi connectivity index (χ3v) is 2.58. The molecule has 0 aromatic carbocycles. The molecular weight excluding hydrogens is 296 g/mol.